The summed E-state index contributed by atoms with van der Waals surface area (Å²) in [5, 5.41) is 36.5. The third-order valence-corrected chi connectivity index (χ3v) is 2.67. The van der Waals surface area contributed by atoms with Crippen LogP contribution in [-0.2, 0) is 4.79 Å². The summed E-state index contributed by atoms with van der Waals surface area (Å²) in [5.41, 5.74) is 0.373. The van der Waals surface area contributed by atoms with Crippen LogP contribution in [0.4, 0.5) is 0 Å². The SMILES string of the molecule is O=C(O)[C@@H]1C[C@H]1c1ccc(O)c(O)c1O. The molecule has 2 rings (SSSR count). The molecule has 15 heavy (non-hydrogen) atoms. The lowest BCUT2D eigenvalue weighted by atomic mass is 10.1. The van der Waals surface area contributed by atoms with E-state index in [2.05, 4.69) is 0 Å². The van der Waals surface area contributed by atoms with Gasteiger partial charge in [-0.3, -0.25) is 4.79 Å². The molecule has 1 saturated carbocycles. The number of aromatic hydroxyl groups is 3. The monoisotopic (exact) mass is 210 g/mol. The molecule has 0 aromatic heterocycles. The van der Waals surface area contributed by atoms with Crippen LogP contribution in [0.5, 0.6) is 17.2 Å². The normalized spacial score (nSPS) is 23.7. The Kier molecular flexibility index (Phi) is 1.96. The van der Waals surface area contributed by atoms with E-state index in [-0.39, 0.29) is 5.92 Å². The number of carboxylic acid groups (broad SMARTS) is 1. The highest BCUT2D eigenvalue weighted by Crippen LogP contribution is 2.53. The summed E-state index contributed by atoms with van der Waals surface area (Å²) in [4.78, 5) is 10.6. The molecule has 1 aromatic rings. The van der Waals surface area contributed by atoms with E-state index in [0.717, 1.165) is 0 Å². The van der Waals surface area contributed by atoms with Gasteiger partial charge in [0.2, 0.25) is 5.75 Å². The van der Waals surface area contributed by atoms with Gasteiger partial charge >= 0.3 is 5.97 Å². The first-order chi connectivity index (χ1) is 7.02. The Morgan fingerprint density at radius 1 is 1.20 bits per heavy atom. The molecule has 1 aromatic carbocycles. The van der Waals surface area contributed by atoms with Crippen LogP contribution in [0.3, 0.4) is 0 Å². The van der Waals surface area contributed by atoms with Crippen LogP contribution >= 0.6 is 0 Å². The highest BCUT2D eigenvalue weighted by molar-refractivity contribution is 5.76. The average molecular weight is 210 g/mol. The van der Waals surface area contributed by atoms with Crippen LogP contribution in [-0.4, -0.2) is 26.4 Å². The molecule has 1 fully saturated rings. The summed E-state index contributed by atoms with van der Waals surface area (Å²) >= 11 is 0. The number of rotatable bonds is 2. The number of hydrogen-bond donors (Lipinski definition) is 4. The molecule has 0 saturated heterocycles. The summed E-state index contributed by atoms with van der Waals surface area (Å²) in [7, 11) is 0. The highest BCUT2D eigenvalue weighted by atomic mass is 16.4. The van der Waals surface area contributed by atoms with Crippen molar-refractivity contribution in [3.05, 3.63) is 17.7 Å². The van der Waals surface area contributed by atoms with Crippen molar-refractivity contribution in [3.8, 4) is 17.2 Å². The van der Waals surface area contributed by atoms with Crippen molar-refractivity contribution in [2.75, 3.05) is 0 Å². The number of benzene rings is 1. The molecule has 80 valence electrons. The molecule has 0 aliphatic heterocycles. The topological polar surface area (TPSA) is 98.0 Å². The van der Waals surface area contributed by atoms with Crippen molar-refractivity contribution >= 4 is 5.97 Å². The van der Waals surface area contributed by atoms with Gasteiger partial charge in [0.05, 0.1) is 5.92 Å². The van der Waals surface area contributed by atoms with Crippen LogP contribution in [0.1, 0.15) is 17.9 Å². The zero-order valence-corrected chi connectivity index (χ0v) is 7.71. The molecule has 0 amide bonds. The van der Waals surface area contributed by atoms with E-state index in [4.69, 9.17) is 10.2 Å². The first-order valence-corrected chi connectivity index (χ1v) is 4.49. The Morgan fingerprint density at radius 3 is 2.40 bits per heavy atom. The van der Waals surface area contributed by atoms with E-state index >= 15 is 0 Å². The van der Waals surface area contributed by atoms with Crippen molar-refractivity contribution in [2.24, 2.45) is 5.92 Å². The Balaban J connectivity index is 2.32. The predicted molar refractivity (Wildman–Crippen MR) is 49.9 cm³/mol. The fourth-order valence-electron chi connectivity index (χ4n) is 1.70. The summed E-state index contributed by atoms with van der Waals surface area (Å²) in [5.74, 6) is -3.11. The van der Waals surface area contributed by atoms with E-state index in [1.807, 2.05) is 0 Å². The minimum atomic E-state index is -0.910. The molecular formula is C10H10O5. The second-order valence-corrected chi connectivity index (χ2v) is 3.66. The zero-order valence-electron chi connectivity index (χ0n) is 7.71. The lowest BCUT2D eigenvalue weighted by Crippen LogP contribution is -1.99. The van der Waals surface area contributed by atoms with Gasteiger partial charge in [0.15, 0.2) is 11.5 Å². The molecule has 5 heteroatoms. The van der Waals surface area contributed by atoms with Crippen LogP contribution in [0, 0.1) is 5.92 Å². The first kappa shape index (κ1) is 9.64. The molecule has 1 aliphatic rings. The second-order valence-electron chi connectivity index (χ2n) is 3.66. The average Bonchev–Trinajstić information content (AvgIpc) is 2.94. The van der Waals surface area contributed by atoms with Gasteiger partial charge in [-0.25, -0.2) is 0 Å². The molecule has 0 spiro atoms. The Labute approximate surface area is 85.2 Å². The van der Waals surface area contributed by atoms with Crippen molar-refractivity contribution in [3.63, 3.8) is 0 Å². The number of carbonyl (C=O) groups is 1. The van der Waals surface area contributed by atoms with E-state index in [1.165, 1.54) is 12.1 Å². The largest absolute Gasteiger partial charge is 0.504 e. The van der Waals surface area contributed by atoms with Crippen LogP contribution < -0.4 is 0 Å². The number of phenols is 3. The summed E-state index contributed by atoms with van der Waals surface area (Å²) in [6.45, 7) is 0. The van der Waals surface area contributed by atoms with Crippen molar-refractivity contribution in [2.45, 2.75) is 12.3 Å². The fraction of sp³-hybridized carbons (Fsp3) is 0.300. The lowest BCUT2D eigenvalue weighted by molar-refractivity contribution is -0.138. The van der Waals surface area contributed by atoms with Gasteiger partial charge in [-0.1, -0.05) is 6.07 Å². The number of aliphatic carboxylic acids is 1. The minimum absolute atomic E-state index is 0.269. The van der Waals surface area contributed by atoms with E-state index in [9.17, 15) is 15.0 Å². The molecule has 2 atom stereocenters. The van der Waals surface area contributed by atoms with Crippen LogP contribution in [0.15, 0.2) is 12.1 Å². The lowest BCUT2D eigenvalue weighted by Gasteiger charge is -2.06. The highest BCUT2D eigenvalue weighted by Gasteiger charge is 2.45. The molecule has 0 unspecified atom stereocenters. The number of hydrogen-bond acceptors (Lipinski definition) is 4. The Hall–Kier alpha value is -1.91. The fourth-order valence-corrected chi connectivity index (χ4v) is 1.70. The Morgan fingerprint density at radius 2 is 1.87 bits per heavy atom. The predicted octanol–water partition coefficient (Wildman–Crippen LogP) is 0.991. The smallest absolute Gasteiger partial charge is 0.307 e. The van der Waals surface area contributed by atoms with Gasteiger partial charge in [0.25, 0.3) is 0 Å². The number of carboxylic acids is 1. The van der Waals surface area contributed by atoms with E-state index in [1.54, 1.807) is 0 Å². The summed E-state index contributed by atoms with van der Waals surface area (Å²) < 4.78 is 0. The molecule has 0 heterocycles. The summed E-state index contributed by atoms with van der Waals surface area (Å²) in [6.07, 6.45) is 0.451. The standard InChI is InChI=1S/C10H10O5/c11-7-2-1-4(8(12)9(7)13)5-3-6(5)10(14)15/h1-2,5-6,11-13H,3H2,(H,14,15)/t5-,6+/m0/s1. The van der Waals surface area contributed by atoms with Gasteiger partial charge in [0.1, 0.15) is 0 Å². The van der Waals surface area contributed by atoms with Gasteiger partial charge < -0.3 is 20.4 Å². The maximum absolute atomic E-state index is 10.6. The Bertz CT molecular complexity index is 426. The van der Waals surface area contributed by atoms with Gasteiger partial charge in [-0.2, -0.15) is 0 Å². The molecule has 0 bridgehead atoms. The maximum Gasteiger partial charge on any atom is 0.307 e. The third kappa shape index (κ3) is 1.45. The first-order valence-electron chi connectivity index (χ1n) is 4.49. The van der Waals surface area contributed by atoms with Gasteiger partial charge in [0, 0.05) is 11.5 Å². The zero-order chi connectivity index (χ0) is 11.2. The molecule has 1 aliphatic carbocycles. The molecular weight excluding hydrogens is 200 g/mol. The van der Waals surface area contributed by atoms with Gasteiger partial charge in [-0.05, 0) is 12.5 Å². The second kappa shape index (κ2) is 3.05. The maximum atomic E-state index is 10.6. The molecule has 0 radical (unpaired) electrons. The third-order valence-electron chi connectivity index (χ3n) is 2.67. The number of phenolic OH excluding ortho intramolecular Hbond substituents is 3. The van der Waals surface area contributed by atoms with Crippen molar-refractivity contribution in [1.29, 1.82) is 0 Å². The van der Waals surface area contributed by atoms with Crippen molar-refractivity contribution in [1.82, 2.24) is 0 Å². The van der Waals surface area contributed by atoms with Crippen LogP contribution in [0.25, 0.3) is 0 Å². The molecule has 5 nitrogen and oxygen atoms in total. The summed E-state index contributed by atoms with van der Waals surface area (Å²) in [6, 6.07) is 2.67. The van der Waals surface area contributed by atoms with Crippen LogP contribution in [0.2, 0.25) is 0 Å². The molecule has 4 N–H and O–H groups in total. The van der Waals surface area contributed by atoms with E-state index < -0.39 is 29.1 Å². The quantitative estimate of drug-likeness (QED) is 0.546. The van der Waals surface area contributed by atoms with Crippen molar-refractivity contribution < 1.29 is 25.2 Å². The minimum Gasteiger partial charge on any atom is -0.504 e. The van der Waals surface area contributed by atoms with E-state index in [0.29, 0.717) is 12.0 Å². The van der Waals surface area contributed by atoms with Gasteiger partial charge in [-0.15, -0.1) is 0 Å².